The first-order valence-electron chi connectivity index (χ1n) is 6.45. The fraction of sp³-hybridized carbons (Fsp3) is 0.125. The summed E-state index contributed by atoms with van der Waals surface area (Å²) in [6, 6.07) is 11.5. The van der Waals surface area contributed by atoms with Gasteiger partial charge in [-0.05, 0) is 37.1 Å². The Kier molecular flexibility index (Phi) is 4.23. The van der Waals surface area contributed by atoms with Crippen molar-refractivity contribution in [3.8, 4) is 0 Å². The predicted molar refractivity (Wildman–Crippen MR) is 82.0 cm³/mol. The third-order valence-electron chi connectivity index (χ3n) is 3.13. The van der Waals surface area contributed by atoms with Crippen LogP contribution in [0.25, 0.3) is 0 Å². The summed E-state index contributed by atoms with van der Waals surface area (Å²) in [4.78, 5) is 23.1. The zero-order valence-corrected chi connectivity index (χ0v) is 11.8. The molecule has 0 aliphatic heterocycles. The average molecular weight is 284 g/mol. The summed E-state index contributed by atoms with van der Waals surface area (Å²) in [5, 5.41) is 14.4. The van der Waals surface area contributed by atoms with Crippen LogP contribution in [0, 0.1) is 13.8 Å². The zero-order chi connectivity index (χ0) is 15.4. The van der Waals surface area contributed by atoms with Gasteiger partial charge >= 0.3 is 12.0 Å². The van der Waals surface area contributed by atoms with Crippen LogP contribution in [0.4, 0.5) is 16.2 Å². The molecule has 3 N–H and O–H groups in total. The van der Waals surface area contributed by atoms with Crippen molar-refractivity contribution in [2.24, 2.45) is 0 Å². The van der Waals surface area contributed by atoms with E-state index in [-0.39, 0.29) is 11.3 Å². The number of aryl methyl sites for hydroxylation is 2. The summed E-state index contributed by atoms with van der Waals surface area (Å²) in [6.45, 7) is 3.79. The lowest BCUT2D eigenvalue weighted by atomic mass is 10.1. The third-order valence-corrected chi connectivity index (χ3v) is 3.13. The standard InChI is InChI=1S/C16H16N2O3/c1-10-6-5-7-11(2)14(10)18-16(21)17-13-9-4-3-8-12(13)15(19)20/h3-9H,1-2H3,(H,19,20)(H2,17,18,21). The Hall–Kier alpha value is -2.82. The van der Waals surface area contributed by atoms with Crippen LogP contribution >= 0.6 is 0 Å². The second-order valence-electron chi connectivity index (χ2n) is 4.70. The maximum absolute atomic E-state index is 12.0. The molecule has 0 unspecified atom stereocenters. The predicted octanol–water partition coefficient (Wildman–Crippen LogP) is 3.65. The maximum Gasteiger partial charge on any atom is 0.337 e. The van der Waals surface area contributed by atoms with Gasteiger partial charge in [0.25, 0.3) is 0 Å². The van der Waals surface area contributed by atoms with Crippen LogP contribution in [0.15, 0.2) is 42.5 Å². The molecule has 0 aliphatic rings. The Morgan fingerprint density at radius 1 is 0.905 bits per heavy atom. The van der Waals surface area contributed by atoms with Gasteiger partial charge in [-0.2, -0.15) is 0 Å². The minimum atomic E-state index is -1.09. The molecule has 108 valence electrons. The molecule has 0 aromatic heterocycles. The molecule has 5 heteroatoms. The van der Waals surface area contributed by atoms with E-state index in [1.54, 1.807) is 18.2 Å². The van der Waals surface area contributed by atoms with E-state index in [4.69, 9.17) is 5.11 Å². The first-order valence-corrected chi connectivity index (χ1v) is 6.45. The van der Waals surface area contributed by atoms with Gasteiger partial charge in [-0.15, -0.1) is 0 Å². The van der Waals surface area contributed by atoms with Crippen LogP contribution < -0.4 is 10.6 Å². The van der Waals surface area contributed by atoms with Crippen molar-refractivity contribution < 1.29 is 14.7 Å². The van der Waals surface area contributed by atoms with Crippen LogP contribution in [-0.2, 0) is 0 Å². The van der Waals surface area contributed by atoms with Gasteiger partial charge in [-0.25, -0.2) is 9.59 Å². The highest BCUT2D eigenvalue weighted by molar-refractivity contribution is 6.05. The molecular weight excluding hydrogens is 268 g/mol. The number of nitrogens with one attached hydrogen (secondary N) is 2. The summed E-state index contributed by atoms with van der Waals surface area (Å²) < 4.78 is 0. The Labute approximate surface area is 122 Å². The Bertz CT molecular complexity index is 675. The number of benzene rings is 2. The molecule has 0 heterocycles. The molecule has 5 nitrogen and oxygen atoms in total. The fourth-order valence-electron chi connectivity index (χ4n) is 2.06. The van der Waals surface area contributed by atoms with Crippen LogP contribution in [0.1, 0.15) is 21.5 Å². The van der Waals surface area contributed by atoms with Crippen LogP contribution in [0.3, 0.4) is 0 Å². The molecule has 21 heavy (non-hydrogen) atoms. The number of urea groups is 1. The third kappa shape index (κ3) is 3.39. The minimum absolute atomic E-state index is 0.0501. The van der Waals surface area contributed by atoms with Crippen molar-refractivity contribution in [3.05, 3.63) is 59.2 Å². The van der Waals surface area contributed by atoms with E-state index in [0.29, 0.717) is 0 Å². The first-order chi connectivity index (χ1) is 9.99. The summed E-state index contributed by atoms with van der Waals surface area (Å²) in [6.07, 6.45) is 0. The van der Waals surface area contributed by atoms with Gasteiger partial charge in [0.1, 0.15) is 0 Å². The minimum Gasteiger partial charge on any atom is -0.478 e. The highest BCUT2D eigenvalue weighted by Gasteiger charge is 2.12. The normalized spacial score (nSPS) is 10.0. The lowest BCUT2D eigenvalue weighted by Crippen LogP contribution is -2.22. The number of hydrogen-bond donors (Lipinski definition) is 3. The molecule has 0 fully saturated rings. The van der Waals surface area contributed by atoms with Gasteiger partial charge in [-0.1, -0.05) is 30.3 Å². The molecule has 0 saturated carbocycles. The highest BCUT2D eigenvalue weighted by Crippen LogP contribution is 2.20. The van der Waals surface area contributed by atoms with E-state index in [1.165, 1.54) is 6.07 Å². The number of hydrogen-bond acceptors (Lipinski definition) is 2. The van der Waals surface area contributed by atoms with Gasteiger partial charge in [0.15, 0.2) is 0 Å². The van der Waals surface area contributed by atoms with Crippen molar-refractivity contribution in [1.82, 2.24) is 0 Å². The van der Waals surface area contributed by atoms with Crippen LogP contribution in [0.2, 0.25) is 0 Å². The number of carbonyl (C=O) groups is 2. The lowest BCUT2D eigenvalue weighted by Gasteiger charge is -2.13. The Morgan fingerprint density at radius 3 is 2.14 bits per heavy atom. The largest absolute Gasteiger partial charge is 0.478 e. The highest BCUT2D eigenvalue weighted by atomic mass is 16.4. The van der Waals surface area contributed by atoms with Crippen LogP contribution in [-0.4, -0.2) is 17.1 Å². The van der Waals surface area contributed by atoms with E-state index >= 15 is 0 Å². The molecule has 0 saturated heterocycles. The van der Waals surface area contributed by atoms with Crippen molar-refractivity contribution in [2.45, 2.75) is 13.8 Å². The van der Waals surface area contributed by atoms with Crippen molar-refractivity contribution >= 4 is 23.4 Å². The zero-order valence-electron chi connectivity index (χ0n) is 11.8. The summed E-state index contributed by atoms with van der Waals surface area (Å²) in [5.41, 5.74) is 2.92. The van der Waals surface area contributed by atoms with Crippen molar-refractivity contribution in [3.63, 3.8) is 0 Å². The van der Waals surface area contributed by atoms with Crippen LogP contribution in [0.5, 0.6) is 0 Å². The van der Waals surface area contributed by atoms with Crippen molar-refractivity contribution in [2.75, 3.05) is 10.6 Å². The van der Waals surface area contributed by atoms with E-state index in [1.807, 2.05) is 32.0 Å². The number of carboxylic acid groups (broad SMARTS) is 1. The molecule has 2 aromatic rings. The van der Waals surface area contributed by atoms with E-state index in [2.05, 4.69) is 10.6 Å². The molecule has 0 aliphatic carbocycles. The molecule has 0 bridgehead atoms. The monoisotopic (exact) mass is 284 g/mol. The number of anilines is 2. The summed E-state index contributed by atoms with van der Waals surface area (Å²) >= 11 is 0. The Balaban J connectivity index is 2.18. The fourth-order valence-corrected chi connectivity index (χ4v) is 2.06. The topological polar surface area (TPSA) is 78.4 Å². The van der Waals surface area contributed by atoms with Gasteiger partial charge < -0.3 is 15.7 Å². The Morgan fingerprint density at radius 2 is 1.52 bits per heavy atom. The molecule has 2 aromatic carbocycles. The SMILES string of the molecule is Cc1cccc(C)c1NC(=O)Nc1ccccc1C(=O)O. The molecule has 2 rings (SSSR count). The number of carbonyl (C=O) groups excluding carboxylic acids is 1. The van der Waals surface area contributed by atoms with Gasteiger partial charge in [0.05, 0.1) is 11.3 Å². The van der Waals surface area contributed by atoms with Gasteiger partial charge in [0.2, 0.25) is 0 Å². The van der Waals surface area contributed by atoms with Gasteiger partial charge in [0, 0.05) is 5.69 Å². The van der Waals surface area contributed by atoms with E-state index < -0.39 is 12.0 Å². The summed E-state index contributed by atoms with van der Waals surface area (Å²) in [5.74, 6) is -1.09. The second-order valence-corrected chi connectivity index (χ2v) is 4.70. The van der Waals surface area contributed by atoms with Crippen molar-refractivity contribution in [1.29, 1.82) is 0 Å². The van der Waals surface area contributed by atoms with E-state index in [9.17, 15) is 9.59 Å². The molecule has 2 amide bonds. The average Bonchev–Trinajstić information content (AvgIpc) is 2.43. The molecule has 0 spiro atoms. The molecular formula is C16H16N2O3. The number of amides is 2. The summed E-state index contributed by atoms with van der Waals surface area (Å²) in [7, 11) is 0. The van der Waals surface area contributed by atoms with E-state index in [0.717, 1.165) is 16.8 Å². The smallest absolute Gasteiger partial charge is 0.337 e. The first kappa shape index (κ1) is 14.6. The molecule has 0 radical (unpaired) electrons. The number of para-hydroxylation sites is 2. The number of aromatic carboxylic acids is 1. The second kappa shape index (κ2) is 6.09. The quantitative estimate of drug-likeness (QED) is 0.805. The lowest BCUT2D eigenvalue weighted by molar-refractivity contribution is 0.0698. The number of carboxylic acids is 1. The maximum atomic E-state index is 12.0. The number of rotatable bonds is 3. The van der Waals surface area contributed by atoms with Gasteiger partial charge in [-0.3, -0.25) is 0 Å². The molecule has 0 atom stereocenters.